The first-order valence-electron chi connectivity index (χ1n) is 10.1. The third kappa shape index (κ3) is 5.42. The van der Waals surface area contributed by atoms with Crippen LogP contribution in [0.3, 0.4) is 0 Å². The maximum Gasteiger partial charge on any atom is 0.407 e. The van der Waals surface area contributed by atoms with Gasteiger partial charge in [0.05, 0.1) is 13.5 Å². The minimum atomic E-state index is -1.20. The molecule has 0 aromatic heterocycles. The fraction of sp³-hybridized carbons (Fsp3) is 0.375. The molecule has 7 heteroatoms. The van der Waals surface area contributed by atoms with Crippen LogP contribution in [-0.2, 0) is 23.8 Å². The van der Waals surface area contributed by atoms with E-state index in [1.165, 1.54) is 7.11 Å². The summed E-state index contributed by atoms with van der Waals surface area (Å²) in [6.45, 7) is 5.26. The van der Waals surface area contributed by atoms with E-state index in [-0.39, 0.29) is 18.9 Å². The highest BCUT2D eigenvalue weighted by molar-refractivity contribution is 5.86. The Morgan fingerprint density at radius 3 is 2.03 bits per heavy atom. The van der Waals surface area contributed by atoms with Gasteiger partial charge >= 0.3 is 18.0 Å². The smallest absolute Gasteiger partial charge is 0.407 e. The maximum absolute atomic E-state index is 12.4. The Labute approximate surface area is 181 Å². The third-order valence-electron chi connectivity index (χ3n) is 4.91. The topological polar surface area (TPSA) is 90.9 Å². The van der Waals surface area contributed by atoms with Crippen LogP contribution in [0.15, 0.2) is 48.5 Å². The van der Waals surface area contributed by atoms with Crippen molar-refractivity contribution < 1.29 is 28.6 Å². The average molecular weight is 425 g/mol. The van der Waals surface area contributed by atoms with Crippen molar-refractivity contribution in [2.24, 2.45) is 0 Å². The molecule has 31 heavy (non-hydrogen) atoms. The Kier molecular flexibility index (Phi) is 6.63. The monoisotopic (exact) mass is 425 g/mol. The number of hydrogen-bond donors (Lipinski definition) is 1. The first-order chi connectivity index (χ1) is 14.7. The number of carbonyl (C=O) groups excluding carboxylic acids is 3. The summed E-state index contributed by atoms with van der Waals surface area (Å²) >= 11 is 0. The molecule has 0 fully saturated rings. The predicted molar refractivity (Wildman–Crippen MR) is 114 cm³/mol. The van der Waals surface area contributed by atoms with E-state index in [0.717, 1.165) is 22.3 Å². The number of hydrogen-bond acceptors (Lipinski definition) is 6. The van der Waals surface area contributed by atoms with Crippen molar-refractivity contribution in [2.45, 2.75) is 44.8 Å². The number of amides is 1. The van der Waals surface area contributed by atoms with E-state index in [0.29, 0.717) is 0 Å². The van der Waals surface area contributed by atoms with Crippen molar-refractivity contribution in [1.29, 1.82) is 0 Å². The van der Waals surface area contributed by atoms with Gasteiger partial charge in [-0.15, -0.1) is 0 Å². The molecule has 1 aliphatic carbocycles. The van der Waals surface area contributed by atoms with Gasteiger partial charge in [-0.1, -0.05) is 48.5 Å². The van der Waals surface area contributed by atoms with Gasteiger partial charge in [0.25, 0.3) is 0 Å². The largest absolute Gasteiger partial charge is 0.467 e. The lowest BCUT2D eigenvalue weighted by atomic mass is 9.98. The van der Waals surface area contributed by atoms with E-state index < -0.39 is 29.7 Å². The van der Waals surface area contributed by atoms with Crippen LogP contribution in [0, 0.1) is 0 Å². The zero-order valence-corrected chi connectivity index (χ0v) is 18.1. The fourth-order valence-corrected chi connectivity index (χ4v) is 3.67. The molecule has 2 aromatic rings. The Balaban J connectivity index is 1.65. The van der Waals surface area contributed by atoms with Crippen LogP contribution in [0.2, 0.25) is 0 Å². The molecule has 0 heterocycles. The quantitative estimate of drug-likeness (QED) is 0.559. The predicted octanol–water partition coefficient (Wildman–Crippen LogP) is 3.80. The molecule has 0 spiro atoms. The van der Waals surface area contributed by atoms with Crippen LogP contribution in [0.4, 0.5) is 4.79 Å². The molecule has 0 unspecified atom stereocenters. The first-order valence-corrected chi connectivity index (χ1v) is 10.1. The molecular formula is C24H27NO6. The molecule has 1 atom stereocenters. The van der Waals surface area contributed by atoms with E-state index in [2.05, 4.69) is 5.32 Å². The number of benzene rings is 2. The second-order valence-corrected chi connectivity index (χ2v) is 8.34. The van der Waals surface area contributed by atoms with Crippen LogP contribution in [0.5, 0.6) is 0 Å². The number of fused-ring (bicyclic) bond motifs is 3. The van der Waals surface area contributed by atoms with Crippen LogP contribution in [0.1, 0.15) is 44.2 Å². The number of rotatable bonds is 6. The number of ether oxygens (including phenoxy) is 3. The van der Waals surface area contributed by atoms with Crippen molar-refractivity contribution in [1.82, 2.24) is 5.32 Å². The number of methoxy groups -OCH3 is 1. The number of alkyl carbamates (subject to hydrolysis) is 1. The zero-order valence-electron chi connectivity index (χ0n) is 18.1. The summed E-state index contributed by atoms with van der Waals surface area (Å²) in [4.78, 5) is 36.6. The SMILES string of the molecule is COC(=O)[C@H](CC(=O)OC(C)(C)C)NC(=O)OCC1c2ccccc2-c2ccccc21. The maximum atomic E-state index is 12.4. The Morgan fingerprint density at radius 1 is 0.968 bits per heavy atom. The molecule has 1 N–H and O–H groups in total. The molecule has 0 radical (unpaired) electrons. The zero-order chi connectivity index (χ0) is 22.6. The average Bonchev–Trinajstić information content (AvgIpc) is 3.03. The molecule has 1 amide bonds. The van der Waals surface area contributed by atoms with Gasteiger partial charge in [0.2, 0.25) is 0 Å². The lowest BCUT2D eigenvalue weighted by molar-refractivity contribution is -0.158. The molecule has 1 aliphatic rings. The third-order valence-corrected chi connectivity index (χ3v) is 4.91. The number of esters is 2. The van der Waals surface area contributed by atoms with E-state index in [1.54, 1.807) is 20.8 Å². The number of carbonyl (C=O) groups is 3. The molecule has 0 saturated heterocycles. The summed E-state index contributed by atoms with van der Waals surface area (Å²) in [7, 11) is 1.18. The summed E-state index contributed by atoms with van der Waals surface area (Å²) in [6, 6.07) is 14.8. The minimum Gasteiger partial charge on any atom is -0.467 e. The second kappa shape index (κ2) is 9.20. The first kappa shape index (κ1) is 22.3. The van der Waals surface area contributed by atoms with E-state index in [4.69, 9.17) is 14.2 Å². The van der Waals surface area contributed by atoms with Gasteiger partial charge < -0.3 is 19.5 Å². The minimum absolute atomic E-state index is 0.0974. The van der Waals surface area contributed by atoms with Crippen LogP contribution in [0.25, 0.3) is 11.1 Å². The molecule has 164 valence electrons. The molecule has 0 saturated carbocycles. The molecule has 3 rings (SSSR count). The number of nitrogens with one attached hydrogen (secondary N) is 1. The Morgan fingerprint density at radius 2 is 1.52 bits per heavy atom. The summed E-state index contributed by atoms with van der Waals surface area (Å²) < 4.78 is 15.4. The van der Waals surface area contributed by atoms with Crippen LogP contribution >= 0.6 is 0 Å². The molecular weight excluding hydrogens is 398 g/mol. The molecule has 7 nitrogen and oxygen atoms in total. The summed E-state index contributed by atoms with van der Waals surface area (Å²) in [5.41, 5.74) is 3.68. The van der Waals surface area contributed by atoms with Crippen LogP contribution < -0.4 is 5.32 Å². The van der Waals surface area contributed by atoms with E-state index in [1.807, 2.05) is 48.5 Å². The summed E-state index contributed by atoms with van der Waals surface area (Å²) in [6.07, 6.45) is -1.16. The van der Waals surface area contributed by atoms with Gasteiger partial charge in [-0.05, 0) is 43.0 Å². The second-order valence-electron chi connectivity index (χ2n) is 8.34. The van der Waals surface area contributed by atoms with Crippen molar-refractivity contribution >= 4 is 18.0 Å². The Hall–Kier alpha value is -3.35. The normalized spacial score (nSPS) is 13.5. The highest BCUT2D eigenvalue weighted by atomic mass is 16.6. The van der Waals surface area contributed by atoms with Gasteiger partial charge in [-0.2, -0.15) is 0 Å². The van der Waals surface area contributed by atoms with E-state index in [9.17, 15) is 14.4 Å². The Bertz CT molecular complexity index is 933. The van der Waals surface area contributed by atoms with Crippen molar-refractivity contribution in [2.75, 3.05) is 13.7 Å². The standard InChI is InChI=1S/C24H27NO6/c1-24(2,3)31-21(26)13-20(22(27)29-4)25-23(28)30-14-19-17-11-7-5-9-15(17)16-10-6-8-12-18(16)19/h5-12,19-20H,13-14H2,1-4H3,(H,25,28)/t20-/m0/s1. The molecule has 0 aliphatic heterocycles. The molecule has 0 bridgehead atoms. The summed E-state index contributed by atoms with van der Waals surface area (Å²) in [5, 5.41) is 2.42. The lowest BCUT2D eigenvalue weighted by Crippen LogP contribution is -2.44. The van der Waals surface area contributed by atoms with Crippen molar-refractivity contribution in [3.63, 3.8) is 0 Å². The molecule has 2 aromatic carbocycles. The van der Waals surface area contributed by atoms with Gasteiger partial charge in [0, 0.05) is 5.92 Å². The summed E-state index contributed by atoms with van der Waals surface area (Å²) in [5.74, 6) is -1.48. The van der Waals surface area contributed by atoms with Gasteiger partial charge in [0.1, 0.15) is 18.2 Å². The highest BCUT2D eigenvalue weighted by Crippen LogP contribution is 2.44. The van der Waals surface area contributed by atoms with Crippen molar-refractivity contribution in [3.05, 3.63) is 59.7 Å². The van der Waals surface area contributed by atoms with Gasteiger partial charge in [0.15, 0.2) is 0 Å². The lowest BCUT2D eigenvalue weighted by Gasteiger charge is -2.22. The van der Waals surface area contributed by atoms with E-state index >= 15 is 0 Å². The fourth-order valence-electron chi connectivity index (χ4n) is 3.67. The van der Waals surface area contributed by atoms with Gasteiger partial charge in [-0.25, -0.2) is 9.59 Å². The van der Waals surface area contributed by atoms with Crippen molar-refractivity contribution in [3.8, 4) is 11.1 Å². The van der Waals surface area contributed by atoms with Crippen LogP contribution in [-0.4, -0.2) is 43.4 Å². The highest BCUT2D eigenvalue weighted by Gasteiger charge is 2.31. The van der Waals surface area contributed by atoms with Gasteiger partial charge in [-0.3, -0.25) is 4.79 Å².